The molecule has 5 heteroatoms. The van der Waals surface area contributed by atoms with Gasteiger partial charge in [0, 0.05) is 6.04 Å². The molecule has 2 N–H and O–H groups in total. The van der Waals surface area contributed by atoms with Crippen LogP contribution in [0.3, 0.4) is 0 Å². The summed E-state index contributed by atoms with van der Waals surface area (Å²) in [6.07, 6.45) is 5.83. The number of hydrogen-bond donors (Lipinski definition) is 2. The van der Waals surface area contributed by atoms with Gasteiger partial charge in [-0.1, -0.05) is 20.8 Å². The van der Waals surface area contributed by atoms with E-state index in [1.807, 2.05) is 0 Å². The number of hydrogen-bond acceptors (Lipinski definition) is 3. The van der Waals surface area contributed by atoms with Gasteiger partial charge in [0.05, 0.1) is 5.75 Å². The van der Waals surface area contributed by atoms with Crippen LogP contribution in [0.15, 0.2) is 0 Å². The van der Waals surface area contributed by atoms with Gasteiger partial charge in [-0.05, 0) is 57.0 Å². The summed E-state index contributed by atoms with van der Waals surface area (Å²) in [5, 5.41) is 3.21. The normalized spacial score (nSPS) is 20.6. The van der Waals surface area contributed by atoms with E-state index >= 15 is 0 Å². The van der Waals surface area contributed by atoms with Gasteiger partial charge in [0.1, 0.15) is 0 Å². The molecular formula is C14H30N2O2S. The van der Waals surface area contributed by atoms with E-state index in [-0.39, 0.29) is 11.8 Å². The molecule has 0 aromatic rings. The van der Waals surface area contributed by atoms with E-state index < -0.39 is 10.0 Å². The minimum absolute atomic E-state index is 0.159. The smallest absolute Gasteiger partial charge is 0.211 e. The third kappa shape index (κ3) is 7.28. The topological polar surface area (TPSA) is 58.2 Å². The molecule has 0 bridgehead atoms. The maximum absolute atomic E-state index is 12.0. The fraction of sp³-hybridized carbons (Fsp3) is 1.00. The molecule has 0 aromatic carbocycles. The molecule has 0 amide bonds. The summed E-state index contributed by atoms with van der Waals surface area (Å²) in [6.45, 7) is 8.44. The molecule has 0 heterocycles. The molecule has 19 heavy (non-hydrogen) atoms. The first-order valence-electron chi connectivity index (χ1n) is 7.55. The van der Waals surface area contributed by atoms with E-state index in [4.69, 9.17) is 0 Å². The van der Waals surface area contributed by atoms with Crippen molar-refractivity contribution in [2.75, 3.05) is 18.8 Å². The Morgan fingerprint density at radius 3 is 2.37 bits per heavy atom. The largest absolute Gasteiger partial charge is 0.317 e. The van der Waals surface area contributed by atoms with Crippen LogP contribution in [0.2, 0.25) is 0 Å². The van der Waals surface area contributed by atoms with E-state index in [0.29, 0.717) is 5.41 Å². The average Bonchev–Trinajstić information content (AvgIpc) is 2.31. The molecule has 1 saturated carbocycles. The van der Waals surface area contributed by atoms with E-state index in [0.717, 1.165) is 51.6 Å². The van der Waals surface area contributed by atoms with Gasteiger partial charge in [-0.25, -0.2) is 13.1 Å². The third-order valence-electron chi connectivity index (χ3n) is 3.95. The molecule has 0 aliphatic heterocycles. The summed E-state index contributed by atoms with van der Waals surface area (Å²) < 4.78 is 26.8. The Morgan fingerprint density at radius 1 is 1.16 bits per heavy atom. The van der Waals surface area contributed by atoms with Gasteiger partial charge in [0.25, 0.3) is 0 Å². The van der Waals surface area contributed by atoms with E-state index in [9.17, 15) is 8.42 Å². The Kier molecular flexibility index (Phi) is 6.77. The molecule has 0 unspecified atom stereocenters. The molecule has 0 atom stereocenters. The van der Waals surface area contributed by atoms with Crippen LogP contribution < -0.4 is 10.0 Å². The molecule has 1 fully saturated rings. The second-order valence-corrected chi connectivity index (χ2v) is 8.31. The zero-order valence-electron chi connectivity index (χ0n) is 12.7. The summed E-state index contributed by atoms with van der Waals surface area (Å²) in [5.74, 6) is 0.262. The van der Waals surface area contributed by atoms with Crippen molar-refractivity contribution in [1.82, 2.24) is 10.0 Å². The predicted molar refractivity (Wildman–Crippen MR) is 80.7 cm³/mol. The number of rotatable bonds is 8. The number of unbranched alkanes of at least 4 members (excludes halogenated alkanes) is 1. The van der Waals surface area contributed by atoms with Crippen LogP contribution >= 0.6 is 0 Å². The summed E-state index contributed by atoms with van der Waals surface area (Å²) in [6, 6.07) is 0.159. The summed E-state index contributed by atoms with van der Waals surface area (Å²) in [4.78, 5) is 0. The molecule has 0 spiro atoms. The van der Waals surface area contributed by atoms with Crippen molar-refractivity contribution in [3.05, 3.63) is 0 Å². The zero-order valence-corrected chi connectivity index (χ0v) is 13.5. The van der Waals surface area contributed by atoms with Gasteiger partial charge in [-0.15, -0.1) is 0 Å². The van der Waals surface area contributed by atoms with E-state index in [1.165, 1.54) is 0 Å². The molecular weight excluding hydrogens is 260 g/mol. The Bertz CT molecular complexity index is 342. The lowest BCUT2D eigenvalue weighted by atomic mass is 9.76. The fourth-order valence-corrected chi connectivity index (χ4v) is 3.99. The highest BCUT2D eigenvalue weighted by Gasteiger charge is 2.28. The maximum atomic E-state index is 12.0. The highest BCUT2D eigenvalue weighted by molar-refractivity contribution is 7.89. The van der Waals surface area contributed by atoms with Crippen LogP contribution in [0.5, 0.6) is 0 Å². The van der Waals surface area contributed by atoms with Gasteiger partial charge in [-0.2, -0.15) is 0 Å². The Balaban J connectivity index is 2.23. The van der Waals surface area contributed by atoms with Gasteiger partial charge < -0.3 is 5.32 Å². The lowest BCUT2D eigenvalue weighted by molar-refractivity contribution is 0.218. The van der Waals surface area contributed by atoms with Crippen molar-refractivity contribution in [2.45, 2.75) is 65.3 Å². The second kappa shape index (κ2) is 7.60. The van der Waals surface area contributed by atoms with Crippen molar-refractivity contribution in [2.24, 2.45) is 5.41 Å². The van der Waals surface area contributed by atoms with Gasteiger partial charge in [0.15, 0.2) is 0 Å². The van der Waals surface area contributed by atoms with Crippen molar-refractivity contribution in [3.63, 3.8) is 0 Å². The summed E-state index contributed by atoms with van der Waals surface area (Å²) in [5.41, 5.74) is 0.383. The lowest BCUT2D eigenvalue weighted by Crippen LogP contribution is -2.40. The molecule has 4 nitrogen and oxygen atoms in total. The van der Waals surface area contributed by atoms with Gasteiger partial charge in [0.2, 0.25) is 10.0 Å². The molecule has 1 rings (SSSR count). The highest BCUT2D eigenvalue weighted by atomic mass is 32.2. The summed E-state index contributed by atoms with van der Waals surface area (Å²) in [7, 11) is -3.08. The number of nitrogens with one attached hydrogen (secondary N) is 2. The van der Waals surface area contributed by atoms with Crippen LogP contribution in [-0.2, 0) is 10.0 Å². The minimum atomic E-state index is -3.08. The molecule has 1 aliphatic carbocycles. The molecule has 0 saturated heterocycles. The SMILES string of the molecule is CCNCCCCS(=O)(=O)NC1CCC(C)(C)CC1. The molecule has 0 aromatic heterocycles. The van der Waals surface area contributed by atoms with E-state index in [1.54, 1.807) is 0 Å². The lowest BCUT2D eigenvalue weighted by Gasteiger charge is -2.34. The van der Waals surface area contributed by atoms with Crippen molar-refractivity contribution < 1.29 is 8.42 Å². The fourth-order valence-electron chi connectivity index (χ4n) is 2.55. The Labute approximate surface area is 118 Å². The van der Waals surface area contributed by atoms with Crippen LogP contribution in [0.1, 0.15) is 59.3 Å². The zero-order chi connectivity index (χ0) is 14.4. The first kappa shape index (κ1) is 16.9. The molecule has 1 aliphatic rings. The Morgan fingerprint density at radius 2 is 1.79 bits per heavy atom. The average molecular weight is 290 g/mol. The minimum Gasteiger partial charge on any atom is -0.317 e. The maximum Gasteiger partial charge on any atom is 0.211 e. The number of sulfonamides is 1. The van der Waals surface area contributed by atoms with Crippen molar-refractivity contribution in [1.29, 1.82) is 0 Å². The van der Waals surface area contributed by atoms with Crippen LogP contribution in [-0.4, -0.2) is 33.3 Å². The van der Waals surface area contributed by atoms with E-state index in [2.05, 4.69) is 30.8 Å². The first-order valence-corrected chi connectivity index (χ1v) is 9.20. The molecule has 0 radical (unpaired) electrons. The molecule has 114 valence electrons. The summed E-state index contributed by atoms with van der Waals surface area (Å²) >= 11 is 0. The van der Waals surface area contributed by atoms with Crippen LogP contribution in [0.25, 0.3) is 0 Å². The van der Waals surface area contributed by atoms with Crippen molar-refractivity contribution in [3.8, 4) is 0 Å². The van der Waals surface area contributed by atoms with Gasteiger partial charge in [-0.3, -0.25) is 0 Å². The third-order valence-corrected chi connectivity index (χ3v) is 5.47. The highest BCUT2D eigenvalue weighted by Crippen LogP contribution is 2.35. The van der Waals surface area contributed by atoms with Crippen molar-refractivity contribution >= 4 is 10.0 Å². The predicted octanol–water partition coefficient (Wildman–Crippen LogP) is 2.26. The van der Waals surface area contributed by atoms with Gasteiger partial charge >= 0.3 is 0 Å². The Hall–Kier alpha value is -0.130. The quantitative estimate of drug-likeness (QED) is 0.674. The standard InChI is InChI=1S/C14H30N2O2S/c1-4-15-11-5-6-12-19(17,18)16-13-7-9-14(2,3)10-8-13/h13,15-16H,4-12H2,1-3H3. The van der Waals surface area contributed by atoms with Crippen LogP contribution in [0.4, 0.5) is 0 Å². The monoisotopic (exact) mass is 290 g/mol. The first-order chi connectivity index (χ1) is 8.85. The second-order valence-electron chi connectivity index (χ2n) is 6.44. The van der Waals surface area contributed by atoms with Crippen LogP contribution in [0, 0.1) is 5.41 Å².